The highest BCUT2D eigenvalue weighted by Gasteiger charge is 2.46. The molecular weight excluding hydrogens is 366 g/mol. The van der Waals surface area contributed by atoms with E-state index in [1.54, 1.807) is 18.9 Å². The topological polar surface area (TPSA) is 54.3 Å². The van der Waals surface area contributed by atoms with Crippen molar-refractivity contribution < 1.29 is 19.2 Å². The quantitative estimate of drug-likeness (QED) is 0.734. The Labute approximate surface area is 171 Å². The van der Waals surface area contributed by atoms with Crippen molar-refractivity contribution in [2.75, 3.05) is 18.7 Å². The lowest BCUT2D eigenvalue weighted by atomic mass is 10.2. The van der Waals surface area contributed by atoms with Gasteiger partial charge in [-0.2, -0.15) is 0 Å². The molecule has 1 N–H and O–H groups in total. The van der Waals surface area contributed by atoms with Gasteiger partial charge in [0, 0.05) is 24.1 Å². The van der Waals surface area contributed by atoms with Crippen LogP contribution in [0, 0.1) is 6.92 Å². The van der Waals surface area contributed by atoms with Gasteiger partial charge in [0.1, 0.15) is 18.3 Å². The number of hydrogen-bond donors (Lipinski definition) is 1. The molecule has 6 nitrogen and oxygen atoms in total. The molecule has 0 aromatic heterocycles. The third kappa shape index (κ3) is 3.98. The van der Waals surface area contributed by atoms with Gasteiger partial charge in [0.15, 0.2) is 6.67 Å². The molecule has 2 fully saturated rings. The van der Waals surface area contributed by atoms with Crippen molar-refractivity contribution in [2.45, 2.75) is 45.3 Å². The molecule has 2 aromatic rings. The number of nitrogens with one attached hydrogen (secondary N) is 1. The molecular formula is C23H28N3O3+. The Balaban J connectivity index is 1.50. The standard InChI is InChI=1S/C23H27N3O3/c1-16-4-8-20(9-5-16)26-17(2)22(27)25(23(26)28)15-24(19-10-11-19)14-18-6-12-21(29-3)13-7-18/h4-9,12-13,17,19H,10-11,14-15H2,1-3H3/p+1/t17-/m0/s1. The van der Waals surface area contributed by atoms with E-state index in [4.69, 9.17) is 4.74 Å². The van der Waals surface area contributed by atoms with Crippen molar-refractivity contribution in [1.29, 1.82) is 0 Å². The minimum atomic E-state index is -0.480. The van der Waals surface area contributed by atoms with Crippen LogP contribution in [0.4, 0.5) is 10.5 Å². The highest BCUT2D eigenvalue weighted by atomic mass is 16.5. The molecule has 0 spiro atoms. The minimum Gasteiger partial charge on any atom is -0.497 e. The molecule has 1 heterocycles. The lowest BCUT2D eigenvalue weighted by Gasteiger charge is -2.24. The first-order chi connectivity index (χ1) is 14.0. The van der Waals surface area contributed by atoms with E-state index in [0.717, 1.165) is 36.4 Å². The van der Waals surface area contributed by atoms with Crippen LogP contribution in [0.5, 0.6) is 5.75 Å². The van der Waals surface area contributed by atoms with E-state index in [1.807, 2.05) is 43.3 Å². The molecule has 6 heteroatoms. The summed E-state index contributed by atoms with van der Waals surface area (Å²) < 4.78 is 5.23. The van der Waals surface area contributed by atoms with Crippen molar-refractivity contribution >= 4 is 17.6 Å². The van der Waals surface area contributed by atoms with Crippen LogP contribution in [0.25, 0.3) is 0 Å². The van der Waals surface area contributed by atoms with Gasteiger partial charge in [0.2, 0.25) is 0 Å². The molecule has 2 aliphatic rings. The Bertz CT molecular complexity index is 891. The zero-order valence-corrected chi connectivity index (χ0v) is 17.2. The first-order valence-corrected chi connectivity index (χ1v) is 10.2. The fourth-order valence-corrected chi connectivity index (χ4v) is 3.94. The Morgan fingerprint density at radius 3 is 2.28 bits per heavy atom. The zero-order chi connectivity index (χ0) is 20.5. The molecule has 1 aliphatic carbocycles. The Kier molecular flexibility index (Phi) is 5.28. The zero-order valence-electron chi connectivity index (χ0n) is 17.2. The van der Waals surface area contributed by atoms with E-state index in [0.29, 0.717) is 12.7 Å². The fourth-order valence-electron chi connectivity index (χ4n) is 3.94. The number of benzene rings is 2. The number of methoxy groups -OCH3 is 1. The summed E-state index contributed by atoms with van der Waals surface area (Å²) in [6.45, 7) is 5.00. The molecule has 1 saturated carbocycles. The van der Waals surface area contributed by atoms with Gasteiger partial charge in [-0.25, -0.2) is 9.69 Å². The smallest absolute Gasteiger partial charge is 0.336 e. The number of amides is 3. The second-order valence-corrected chi connectivity index (χ2v) is 8.05. The summed E-state index contributed by atoms with van der Waals surface area (Å²) in [4.78, 5) is 30.3. The number of rotatable bonds is 7. The van der Waals surface area contributed by atoms with E-state index < -0.39 is 6.04 Å². The van der Waals surface area contributed by atoms with Gasteiger partial charge in [0.05, 0.1) is 13.2 Å². The Morgan fingerprint density at radius 2 is 1.69 bits per heavy atom. The normalized spacial score (nSPS) is 20.3. The van der Waals surface area contributed by atoms with Gasteiger partial charge in [-0.05, 0) is 50.2 Å². The molecule has 0 bridgehead atoms. The van der Waals surface area contributed by atoms with Crippen LogP contribution in [0.2, 0.25) is 0 Å². The Morgan fingerprint density at radius 1 is 1.03 bits per heavy atom. The molecule has 2 atom stereocenters. The molecule has 3 amide bonds. The fraction of sp³-hybridized carbons (Fsp3) is 0.391. The number of aryl methyl sites for hydroxylation is 1. The van der Waals surface area contributed by atoms with Crippen LogP contribution in [-0.2, 0) is 11.3 Å². The van der Waals surface area contributed by atoms with Gasteiger partial charge >= 0.3 is 6.03 Å². The monoisotopic (exact) mass is 394 g/mol. The first-order valence-electron chi connectivity index (χ1n) is 10.2. The maximum Gasteiger partial charge on any atom is 0.336 e. The maximum atomic E-state index is 13.1. The largest absolute Gasteiger partial charge is 0.497 e. The van der Waals surface area contributed by atoms with Crippen LogP contribution in [0.1, 0.15) is 30.9 Å². The van der Waals surface area contributed by atoms with Crippen LogP contribution < -0.4 is 14.5 Å². The molecule has 29 heavy (non-hydrogen) atoms. The number of quaternary nitrogens is 1. The van der Waals surface area contributed by atoms with Crippen molar-refractivity contribution in [3.8, 4) is 5.75 Å². The summed E-state index contributed by atoms with van der Waals surface area (Å²) in [5.41, 5.74) is 3.07. The van der Waals surface area contributed by atoms with Gasteiger partial charge in [-0.1, -0.05) is 17.7 Å². The predicted molar refractivity (Wildman–Crippen MR) is 111 cm³/mol. The van der Waals surface area contributed by atoms with E-state index in [9.17, 15) is 9.59 Å². The summed E-state index contributed by atoms with van der Waals surface area (Å²) in [6, 6.07) is 15.5. The molecule has 1 unspecified atom stereocenters. The lowest BCUT2D eigenvalue weighted by molar-refractivity contribution is -0.931. The molecule has 0 radical (unpaired) electrons. The Hall–Kier alpha value is -2.86. The van der Waals surface area contributed by atoms with E-state index in [2.05, 4.69) is 12.1 Å². The van der Waals surface area contributed by atoms with Gasteiger partial charge in [-0.3, -0.25) is 9.69 Å². The van der Waals surface area contributed by atoms with Gasteiger partial charge in [-0.15, -0.1) is 0 Å². The third-order valence-corrected chi connectivity index (χ3v) is 5.87. The number of carbonyl (C=O) groups is 2. The van der Waals surface area contributed by atoms with Crippen LogP contribution >= 0.6 is 0 Å². The van der Waals surface area contributed by atoms with E-state index >= 15 is 0 Å². The number of urea groups is 1. The third-order valence-electron chi connectivity index (χ3n) is 5.87. The number of carbonyl (C=O) groups excluding carboxylic acids is 2. The number of imide groups is 1. The van der Waals surface area contributed by atoms with Crippen LogP contribution in [0.15, 0.2) is 48.5 Å². The number of nitrogens with zero attached hydrogens (tertiary/aromatic N) is 2. The maximum absolute atomic E-state index is 13.1. The summed E-state index contributed by atoms with van der Waals surface area (Å²) in [5.74, 6) is 0.706. The highest BCUT2D eigenvalue weighted by molar-refractivity contribution is 6.13. The first kappa shape index (κ1) is 19.5. The van der Waals surface area contributed by atoms with Crippen molar-refractivity contribution in [2.24, 2.45) is 0 Å². The van der Waals surface area contributed by atoms with Gasteiger partial charge < -0.3 is 9.64 Å². The number of ether oxygens (including phenoxy) is 1. The van der Waals surface area contributed by atoms with Crippen molar-refractivity contribution in [3.05, 3.63) is 59.7 Å². The average Bonchev–Trinajstić information content (AvgIpc) is 3.55. The summed E-state index contributed by atoms with van der Waals surface area (Å²) in [6.07, 6.45) is 2.28. The molecule has 152 valence electrons. The minimum absolute atomic E-state index is 0.122. The van der Waals surface area contributed by atoms with Gasteiger partial charge in [0.25, 0.3) is 5.91 Å². The highest BCUT2D eigenvalue weighted by Crippen LogP contribution is 2.26. The molecule has 2 aromatic carbocycles. The van der Waals surface area contributed by atoms with Crippen molar-refractivity contribution in [1.82, 2.24) is 4.90 Å². The number of hydrogen-bond acceptors (Lipinski definition) is 3. The predicted octanol–water partition coefficient (Wildman–Crippen LogP) is 2.37. The van der Waals surface area contributed by atoms with E-state index in [-0.39, 0.29) is 11.9 Å². The van der Waals surface area contributed by atoms with E-state index in [1.165, 1.54) is 15.4 Å². The summed E-state index contributed by atoms with van der Waals surface area (Å²) in [5, 5.41) is 0. The molecule has 1 saturated heterocycles. The SMILES string of the molecule is COc1ccc(C[NH+](CN2C(=O)[C@H](C)N(c3ccc(C)cc3)C2=O)C2CC2)cc1. The van der Waals surface area contributed by atoms with Crippen LogP contribution in [-0.4, -0.2) is 42.7 Å². The average molecular weight is 394 g/mol. The number of anilines is 1. The molecule has 4 rings (SSSR count). The summed E-state index contributed by atoms with van der Waals surface area (Å²) in [7, 11) is 1.66. The second-order valence-electron chi connectivity index (χ2n) is 8.05. The van der Waals surface area contributed by atoms with Crippen LogP contribution in [0.3, 0.4) is 0 Å². The van der Waals surface area contributed by atoms with Crippen molar-refractivity contribution in [3.63, 3.8) is 0 Å². The summed E-state index contributed by atoms with van der Waals surface area (Å²) >= 11 is 0. The second kappa shape index (κ2) is 7.87. The molecule has 1 aliphatic heterocycles. The lowest BCUT2D eigenvalue weighted by Crippen LogP contribution is -3.13.